The van der Waals surface area contributed by atoms with E-state index in [2.05, 4.69) is 20.1 Å². The number of sulfonamides is 1. The number of anilines is 2. The van der Waals surface area contributed by atoms with Gasteiger partial charge >= 0.3 is 0 Å². The van der Waals surface area contributed by atoms with Crippen molar-refractivity contribution in [3.05, 3.63) is 64.7 Å². The molecule has 0 fully saturated rings. The predicted molar refractivity (Wildman–Crippen MR) is 105 cm³/mol. The molecular formula is C18H16ClN5O3S. The van der Waals surface area contributed by atoms with E-state index in [-0.39, 0.29) is 29.1 Å². The number of fused-ring (bicyclic) bond motifs is 1. The van der Waals surface area contributed by atoms with Gasteiger partial charge in [-0.3, -0.25) is 10.1 Å². The molecule has 0 spiro atoms. The molecule has 0 aliphatic carbocycles. The molecule has 10 heteroatoms. The molecule has 1 aliphatic rings. The summed E-state index contributed by atoms with van der Waals surface area (Å²) in [5, 5.41) is 7.45. The first-order valence-corrected chi connectivity index (χ1v) is 10.3. The molecule has 8 nitrogen and oxygen atoms in total. The molecule has 2 aromatic carbocycles. The molecule has 1 aromatic heterocycles. The van der Waals surface area contributed by atoms with Crippen molar-refractivity contribution in [3.8, 4) is 0 Å². The van der Waals surface area contributed by atoms with Gasteiger partial charge < -0.3 is 0 Å². The number of amides is 1. The fourth-order valence-electron chi connectivity index (χ4n) is 2.95. The van der Waals surface area contributed by atoms with Crippen LogP contribution in [0.3, 0.4) is 0 Å². The molecule has 0 unspecified atom stereocenters. The summed E-state index contributed by atoms with van der Waals surface area (Å²) in [4.78, 5) is 16.3. The Labute approximate surface area is 166 Å². The van der Waals surface area contributed by atoms with E-state index in [1.165, 1.54) is 16.8 Å². The molecule has 28 heavy (non-hydrogen) atoms. The Bertz CT molecular complexity index is 1140. The first-order chi connectivity index (χ1) is 13.3. The Kier molecular flexibility index (Phi) is 4.56. The van der Waals surface area contributed by atoms with Crippen LogP contribution in [0, 0.1) is 6.92 Å². The monoisotopic (exact) mass is 417 g/mol. The highest BCUT2D eigenvalue weighted by Gasteiger charge is 2.30. The zero-order chi connectivity index (χ0) is 19.9. The smallest absolute Gasteiger partial charge is 0.264 e. The predicted octanol–water partition coefficient (Wildman–Crippen LogP) is 2.97. The standard InChI is InChI=1S/C18H16ClN5O3S/c1-11-2-8-14(9-3-11)28(26,27)23-17-21-18-20-16(25)10-15(24(18)22-17)12-4-6-13(19)7-5-12/h2-9,15H,10H2,1H3,(H2,20,21,22,23,25)/t15-/m0/s1. The maximum atomic E-state index is 12.6. The summed E-state index contributed by atoms with van der Waals surface area (Å²) in [6.07, 6.45) is 0.155. The second-order valence-corrected chi connectivity index (χ2v) is 8.56. The topological polar surface area (TPSA) is 106 Å². The number of nitrogens with one attached hydrogen (secondary N) is 2. The van der Waals surface area contributed by atoms with Crippen LogP contribution in [-0.4, -0.2) is 29.1 Å². The third kappa shape index (κ3) is 3.58. The zero-order valence-electron chi connectivity index (χ0n) is 14.8. The number of hydrogen-bond acceptors (Lipinski definition) is 5. The maximum absolute atomic E-state index is 12.6. The minimum atomic E-state index is -3.85. The van der Waals surface area contributed by atoms with Crippen molar-refractivity contribution < 1.29 is 13.2 Å². The lowest BCUT2D eigenvalue weighted by atomic mass is 10.0. The van der Waals surface area contributed by atoms with Gasteiger partial charge in [0.2, 0.25) is 11.9 Å². The van der Waals surface area contributed by atoms with Gasteiger partial charge in [-0.15, -0.1) is 5.10 Å². The molecule has 3 aromatic rings. The van der Waals surface area contributed by atoms with E-state index >= 15 is 0 Å². The number of aromatic nitrogens is 3. The van der Waals surface area contributed by atoms with E-state index in [0.29, 0.717) is 5.02 Å². The largest absolute Gasteiger partial charge is 0.295 e. The molecule has 2 heterocycles. The van der Waals surface area contributed by atoms with Gasteiger partial charge in [-0.1, -0.05) is 41.4 Å². The van der Waals surface area contributed by atoms with Gasteiger partial charge in [0.25, 0.3) is 16.0 Å². The van der Waals surface area contributed by atoms with Gasteiger partial charge in [0, 0.05) is 5.02 Å². The van der Waals surface area contributed by atoms with Crippen LogP contribution in [0.1, 0.15) is 23.6 Å². The van der Waals surface area contributed by atoms with Crippen LogP contribution < -0.4 is 10.0 Å². The highest BCUT2D eigenvalue weighted by Crippen LogP contribution is 2.30. The Morgan fingerprint density at radius 3 is 2.50 bits per heavy atom. The third-order valence-electron chi connectivity index (χ3n) is 4.37. The average Bonchev–Trinajstić information content (AvgIpc) is 3.03. The minimum absolute atomic E-state index is 0.101. The Morgan fingerprint density at radius 2 is 1.82 bits per heavy atom. The number of nitrogens with zero attached hydrogens (tertiary/aromatic N) is 3. The molecule has 0 saturated carbocycles. The van der Waals surface area contributed by atoms with Crippen molar-refractivity contribution in [2.45, 2.75) is 24.3 Å². The van der Waals surface area contributed by atoms with Gasteiger partial charge in [-0.05, 0) is 36.8 Å². The van der Waals surface area contributed by atoms with E-state index in [1.807, 2.05) is 6.92 Å². The van der Waals surface area contributed by atoms with Crippen LogP contribution in [-0.2, 0) is 14.8 Å². The highest BCUT2D eigenvalue weighted by atomic mass is 35.5. The van der Waals surface area contributed by atoms with Crippen molar-refractivity contribution in [1.82, 2.24) is 14.8 Å². The van der Waals surface area contributed by atoms with Crippen LogP contribution in [0.5, 0.6) is 0 Å². The molecule has 2 N–H and O–H groups in total. The molecule has 1 amide bonds. The van der Waals surface area contributed by atoms with E-state index in [4.69, 9.17) is 11.6 Å². The second kappa shape index (κ2) is 6.92. The van der Waals surface area contributed by atoms with Gasteiger partial charge in [-0.2, -0.15) is 4.98 Å². The van der Waals surface area contributed by atoms with Gasteiger partial charge in [0.1, 0.15) is 0 Å². The summed E-state index contributed by atoms with van der Waals surface area (Å²) in [6.45, 7) is 1.87. The summed E-state index contributed by atoms with van der Waals surface area (Å²) in [7, 11) is -3.85. The van der Waals surface area contributed by atoms with Crippen LogP contribution in [0.25, 0.3) is 0 Å². The quantitative estimate of drug-likeness (QED) is 0.678. The molecule has 4 rings (SSSR count). The van der Waals surface area contributed by atoms with E-state index in [1.54, 1.807) is 36.4 Å². The normalized spacial score (nSPS) is 16.4. The fourth-order valence-corrected chi connectivity index (χ4v) is 4.01. The molecule has 0 radical (unpaired) electrons. The molecule has 144 valence electrons. The first kappa shape index (κ1) is 18.5. The van der Waals surface area contributed by atoms with Crippen LogP contribution in [0.2, 0.25) is 5.02 Å². The minimum Gasteiger partial charge on any atom is -0.295 e. The summed E-state index contributed by atoms with van der Waals surface area (Å²) < 4.78 is 29.0. The van der Waals surface area contributed by atoms with Gasteiger partial charge in [-0.25, -0.2) is 17.8 Å². The summed E-state index contributed by atoms with van der Waals surface area (Å²) in [5.74, 6) is -0.165. The number of rotatable bonds is 4. The molecule has 1 atom stereocenters. The van der Waals surface area contributed by atoms with Crippen LogP contribution >= 0.6 is 11.6 Å². The lowest BCUT2D eigenvalue weighted by Crippen LogP contribution is -2.29. The number of carbonyl (C=O) groups is 1. The Balaban J connectivity index is 1.67. The number of halogens is 1. The van der Waals surface area contributed by atoms with Gasteiger partial charge in [0.05, 0.1) is 17.4 Å². The van der Waals surface area contributed by atoms with E-state index in [0.717, 1.165) is 11.1 Å². The second-order valence-electron chi connectivity index (χ2n) is 6.44. The Morgan fingerprint density at radius 1 is 1.14 bits per heavy atom. The molecule has 0 saturated heterocycles. The van der Waals surface area contributed by atoms with Crippen molar-refractivity contribution in [1.29, 1.82) is 0 Å². The fraction of sp³-hybridized carbons (Fsp3) is 0.167. The van der Waals surface area contributed by atoms with Crippen molar-refractivity contribution >= 4 is 39.4 Å². The number of aryl methyl sites for hydroxylation is 1. The molecular weight excluding hydrogens is 402 g/mol. The van der Waals surface area contributed by atoms with Crippen molar-refractivity contribution in [2.24, 2.45) is 0 Å². The van der Waals surface area contributed by atoms with E-state index < -0.39 is 16.1 Å². The number of benzene rings is 2. The van der Waals surface area contributed by atoms with Gasteiger partial charge in [0.15, 0.2) is 0 Å². The first-order valence-electron chi connectivity index (χ1n) is 8.43. The van der Waals surface area contributed by atoms with Crippen molar-refractivity contribution in [3.63, 3.8) is 0 Å². The lowest BCUT2D eigenvalue weighted by Gasteiger charge is -2.23. The summed E-state index contributed by atoms with van der Waals surface area (Å²) in [5.41, 5.74) is 1.77. The number of carbonyl (C=O) groups excluding carboxylic acids is 1. The molecule has 1 aliphatic heterocycles. The maximum Gasteiger partial charge on any atom is 0.264 e. The zero-order valence-corrected chi connectivity index (χ0v) is 16.3. The van der Waals surface area contributed by atoms with Crippen LogP contribution in [0.15, 0.2) is 53.4 Å². The lowest BCUT2D eigenvalue weighted by molar-refractivity contribution is -0.117. The Hall–Kier alpha value is -2.91. The average molecular weight is 418 g/mol. The highest BCUT2D eigenvalue weighted by molar-refractivity contribution is 7.92. The SMILES string of the molecule is Cc1ccc(S(=O)(=O)Nc2nc3n(n2)[C@H](c2ccc(Cl)cc2)CC(=O)N3)cc1. The van der Waals surface area contributed by atoms with E-state index in [9.17, 15) is 13.2 Å². The number of hydrogen-bond donors (Lipinski definition) is 2. The van der Waals surface area contributed by atoms with Crippen LogP contribution in [0.4, 0.5) is 11.9 Å². The molecule has 0 bridgehead atoms. The summed E-state index contributed by atoms with van der Waals surface area (Å²) in [6, 6.07) is 13.1. The van der Waals surface area contributed by atoms with Crippen molar-refractivity contribution in [2.75, 3.05) is 10.0 Å². The third-order valence-corrected chi connectivity index (χ3v) is 5.96. The summed E-state index contributed by atoms with van der Waals surface area (Å²) >= 11 is 5.93.